The second kappa shape index (κ2) is 13.5. The van der Waals surface area contributed by atoms with Gasteiger partial charge >= 0.3 is 29.1 Å². The van der Waals surface area contributed by atoms with Crippen molar-refractivity contribution in [3.8, 4) is 0 Å². The first-order valence-corrected chi connectivity index (χ1v) is 10.7. The third-order valence-electron chi connectivity index (χ3n) is 4.51. The third kappa shape index (κ3) is 9.73. The average Bonchev–Trinajstić information content (AvgIpc) is 2.89. The topological polar surface area (TPSA) is 155 Å². The number of aliphatic imine (C=N–C) groups is 2. The van der Waals surface area contributed by atoms with Gasteiger partial charge in [-0.25, -0.2) is 20.0 Å². The number of aliphatic carboxylic acids is 2. The fourth-order valence-corrected chi connectivity index (χ4v) is 2.86. The number of carboxylic acids is 2. The summed E-state index contributed by atoms with van der Waals surface area (Å²) in [4.78, 5) is 36.1. The molecule has 10 nitrogen and oxygen atoms in total. The van der Waals surface area contributed by atoms with E-state index in [2.05, 4.69) is 30.6 Å². The van der Waals surface area contributed by atoms with Crippen LogP contribution in [0.3, 0.4) is 0 Å². The number of hydrogen-bond acceptors (Lipinski definition) is 10. The molecular formula is C24H14CoF6N6O4. The number of halogens is 6. The Morgan fingerprint density at radius 2 is 1.00 bits per heavy atom. The molecule has 1 radical (unpaired) electrons. The van der Waals surface area contributed by atoms with Gasteiger partial charge in [-0.2, -0.15) is 26.3 Å². The quantitative estimate of drug-likeness (QED) is 0.422. The Labute approximate surface area is 236 Å². The van der Waals surface area contributed by atoms with E-state index < -0.39 is 24.3 Å². The summed E-state index contributed by atoms with van der Waals surface area (Å²) in [6.45, 7) is 0. The van der Waals surface area contributed by atoms with Crippen molar-refractivity contribution >= 4 is 46.6 Å². The van der Waals surface area contributed by atoms with Gasteiger partial charge in [0.25, 0.3) is 0 Å². The Hall–Kier alpha value is -4.77. The molecule has 17 heteroatoms. The molecule has 5 heterocycles. The Balaban J connectivity index is 0.000000329. The summed E-state index contributed by atoms with van der Waals surface area (Å²) in [6, 6.07) is 11.5. The first-order chi connectivity index (χ1) is 18.7. The van der Waals surface area contributed by atoms with Crippen LogP contribution in [-0.2, 0) is 26.4 Å². The minimum atomic E-state index is -5.19. The van der Waals surface area contributed by atoms with Crippen molar-refractivity contribution in [2.24, 2.45) is 9.98 Å². The van der Waals surface area contributed by atoms with Crippen LogP contribution in [0, 0.1) is 0 Å². The molecule has 2 N–H and O–H groups in total. The van der Waals surface area contributed by atoms with Crippen LogP contribution in [0.15, 0.2) is 82.8 Å². The first-order valence-electron chi connectivity index (χ1n) is 10.7. The Morgan fingerprint density at radius 1 is 0.659 bits per heavy atom. The number of amidine groups is 2. The van der Waals surface area contributed by atoms with E-state index in [-0.39, 0.29) is 16.8 Å². The van der Waals surface area contributed by atoms with E-state index >= 15 is 0 Å². The van der Waals surface area contributed by atoms with Crippen LogP contribution in [0.1, 0.15) is 11.4 Å². The number of pyridine rings is 2. The third-order valence-corrected chi connectivity index (χ3v) is 4.51. The predicted octanol–water partition coefficient (Wildman–Crippen LogP) is 1.85. The summed E-state index contributed by atoms with van der Waals surface area (Å²) in [5.74, 6) is -3.33. The number of carboxylic acid groups (broad SMARTS) is 2. The molecule has 0 saturated heterocycles. The zero-order valence-electron chi connectivity index (χ0n) is 20.0. The molecule has 215 valence electrons. The molecule has 41 heavy (non-hydrogen) atoms. The van der Waals surface area contributed by atoms with Gasteiger partial charge in [-0.05, 0) is 48.6 Å². The van der Waals surface area contributed by atoms with Gasteiger partial charge in [-0.1, -0.05) is 24.3 Å². The second-order valence-corrected chi connectivity index (χ2v) is 7.46. The molecule has 3 aliphatic rings. The van der Waals surface area contributed by atoms with Crippen LogP contribution < -0.4 is 20.8 Å². The van der Waals surface area contributed by atoms with E-state index in [1.807, 2.05) is 72.9 Å². The van der Waals surface area contributed by atoms with E-state index in [1.165, 1.54) is 0 Å². The van der Waals surface area contributed by atoms with E-state index in [1.54, 1.807) is 0 Å². The van der Waals surface area contributed by atoms with E-state index in [9.17, 15) is 26.3 Å². The normalized spacial score (nSPS) is 14.6. The number of hydrogen-bond donors (Lipinski definition) is 2. The molecule has 2 aromatic rings. The number of allylic oxidation sites excluding steroid dienone is 4. The second-order valence-electron chi connectivity index (χ2n) is 7.46. The zero-order valence-corrected chi connectivity index (χ0v) is 21.0. The molecule has 0 aliphatic carbocycles. The standard InChI is InChI=1S/C20H14N6.2C2HF3O2.Co/c1-5-13-14-6-2-11-19(22-14)26-20-12-4-8-16(24-20)15-7-3-10-18(23-15)25-17(9-1)21-13;2*3-2(4,5)1(6)7;/h1-12H,(H,21,23,25)(H,22,24,26);2*(H,6,7);/q;;;+2/p-2. The van der Waals surface area contributed by atoms with Crippen LogP contribution in [0.5, 0.6) is 0 Å². The number of nitrogens with zero attached hydrogens (tertiary/aromatic N) is 4. The van der Waals surface area contributed by atoms with Gasteiger partial charge in [0.2, 0.25) is 0 Å². The fourth-order valence-electron chi connectivity index (χ4n) is 2.86. The number of nitrogens with one attached hydrogen (secondary N) is 2. The monoisotopic (exact) mass is 623 g/mol. The molecule has 0 spiro atoms. The molecule has 0 fully saturated rings. The molecule has 0 amide bonds. The largest absolute Gasteiger partial charge is 2.00 e. The van der Waals surface area contributed by atoms with Crippen LogP contribution >= 0.6 is 0 Å². The van der Waals surface area contributed by atoms with Crippen LogP contribution in [-0.4, -0.2) is 45.9 Å². The van der Waals surface area contributed by atoms with Crippen molar-refractivity contribution in [2.75, 3.05) is 0 Å². The number of alkyl halides is 6. The number of dihydropyridines is 2. The summed E-state index contributed by atoms with van der Waals surface area (Å²) < 4.78 is 63.1. The van der Waals surface area contributed by atoms with Gasteiger partial charge < -0.3 is 30.4 Å². The minimum Gasteiger partial charge on any atom is -0.542 e. The molecule has 0 aromatic carbocycles. The molecule has 8 bridgehead atoms. The number of fused-ring (bicyclic) bond motifs is 10. The van der Waals surface area contributed by atoms with Gasteiger partial charge in [0, 0.05) is 0 Å². The van der Waals surface area contributed by atoms with Gasteiger partial charge in [-0.15, -0.1) is 0 Å². The van der Waals surface area contributed by atoms with Gasteiger partial charge in [0.05, 0.1) is 22.8 Å². The maximum atomic E-state index is 10.5. The zero-order chi connectivity index (χ0) is 29.5. The summed E-state index contributed by atoms with van der Waals surface area (Å²) in [5, 5.41) is 24.2. The molecule has 0 saturated carbocycles. The summed E-state index contributed by atoms with van der Waals surface area (Å²) >= 11 is 0. The summed E-state index contributed by atoms with van der Waals surface area (Å²) in [6.07, 6.45) is 1.25. The molecule has 3 aliphatic heterocycles. The van der Waals surface area contributed by atoms with Crippen molar-refractivity contribution < 1.29 is 62.9 Å². The SMILES string of the molecule is C1=CC2=Nc3cccc(n3)C3=CC=CC(=Nc4cccc(n4)C(=C1)N2)N3.O=C([O-])C(F)(F)F.O=C([O-])C(F)(F)F.[Co+2]. The predicted molar refractivity (Wildman–Crippen MR) is 125 cm³/mol. The van der Waals surface area contributed by atoms with Crippen LogP contribution in [0.25, 0.3) is 11.4 Å². The summed E-state index contributed by atoms with van der Waals surface area (Å²) in [7, 11) is 0. The molecule has 0 unspecified atom stereocenters. The van der Waals surface area contributed by atoms with Crippen molar-refractivity contribution in [3.63, 3.8) is 0 Å². The summed E-state index contributed by atoms with van der Waals surface area (Å²) in [5.41, 5.74) is 3.35. The average molecular weight is 623 g/mol. The number of rotatable bonds is 0. The molecule has 0 atom stereocenters. The van der Waals surface area contributed by atoms with Crippen molar-refractivity contribution in [2.45, 2.75) is 12.4 Å². The van der Waals surface area contributed by atoms with Crippen molar-refractivity contribution in [1.29, 1.82) is 0 Å². The van der Waals surface area contributed by atoms with E-state index in [0.717, 1.165) is 22.8 Å². The number of carbonyl (C=O) groups is 2. The maximum Gasteiger partial charge on any atom is 2.00 e. The van der Waals surface area contributed by atoms with Crippen molar-refractivity contribution in [3.05, 3.63) is 84.2 Å². The maximum absolute atomic E-state index is 10.5. The van der Waals surface area contributed by atoms with Gasteiger partial charge in [0.15, 0.2) is 11.6 Å². The minimum absolute atomic E-state index is 0. The first kappa shape index (κ1) is 32.4. The van der Waals surface area contributed by atoms with E-state index in [0.29, 0.717) is 23.3 Å². The molecular weight excluding hydrogens is 609 g/mol. The molecule has 2 aromatic heterocycles. The number of aromatic nitrogens is 2. The van der Waals surface area contributed by atoms with Gasteiger partial charge in [-0.3, -0.25) is 0 Å². The van der Waals surface area contributed by atoms with Crippen LogP contribution in [0.2, 0.25) is 0 Å². The Morgan fingerprint density at radius 3 is 1.32 bits per heavy atom. The Bertz CT molecular complexity index is 1380. The Kier molecular flexibility index (Phi) is 10.7. The van der Waals surface area contributed by atoms with E-state index in [4.69, 9.17) is 19.8 Å². The number of carbonyl (C=O) groups excluding carboxylic acids is 2. The smallest absolute Gasteiger partial charge is 0.542 e. The van der Waals surface area contributed by atoms with Crippen LogP contribution in [0.4, 0.5) is 38.0 Å². The molecule has 5 rings (SSSR count). The fraction of sp³-hybridized carbons (Fsp3) is 0.0833. The van der Waals surface area contributed by atoms with Crippen molar-refractivity contribution in [1.82, 2.24) is 20.6 Å². The van der Waals surface area contributed by atoms with Gasteiger partial charge in [0.1, 0.15) is 23.6 Å².